The summed E-state index contributed by atoms with van der Waals surface area (Å²) < 4.78 is 33.5. The first-order valence-electron chi connectivity index (χ1n) is 9.11. The van der Waals surface area contributed by atoms with Crippen LogP contribution in [0.15, 0.2) is 18.2 Å². The van der Waals surface area contributed by atoms with E-state index in [-0.39, 0.29) is 5.97 Å². The van der Waals surface area contributed by atoms with Gasteiger partial charge in [0.1, 0.15) is 15.6 Å². The van der Waals surface area contributed by atoms with Gasteiger partial charge in [0.2, 0.25) is 0 Å². The smallest absolute Gasteiger partial charge is 0.337 e. The lowest BCUT2D eigenvalue weighted by Gasteiger charge is -2.31. The number of esters is 1. The normalized spacial score (nSPS) is 23.7. The fourth-order valence-corrected chi connectivity index (χ4v) is 5.56. The summed E-state index contributed by atoms with van der Waals surface area (Å²) in [5.74, 6) is 1.56. The van der Waals surface area contributed by atoms with Gasteiger partial charge < -0.3 is 14.4 Å². The molecule has 1 aromatic rings. The van der Waals surface area contributed by atoms with E-state index in [4.69, 9.17) is 9.47 Å². The van der Waals surface area contributed by atoms with Crippen molar-refractivity contribution in [3.8, 4) is 5.75 Å². The largest absolute Gasteiger partial charge is 0.496 e. The van der Waals surface area contributed by atoms with Gasteiger partial charge in [-0.3, -0.25) is 0 Å². The Bertz CT molecular complexity index is 747. The number of methoxy groups -OCH3 is 2. The van der Waals surface area contributed by atoms with Gasteiger partial charge in [-0.1, -0.05) is 0 Å². The molecule has 1 atom stereocenters. The van der Waals surface area contributed by atoms with E-state index in [1.54, 1.807) is 13.2 Å². The summed E-state index contributed by atoms with van der Waals surface area (Å²) in [6.07, 6.45) is 3.41. The Hall–Kier alpha value is -1.60. The number of ether oxygens (including phenoxy) is 2. The fourth-order valence-electron chi connectivity index (χ4n) is 4.10. The van der Waals surface area contributed by atoms with Gasteiger partial charge in [-0.2, -0.15) is 0 Å². The van der Waals surface area contributed by atoms with E-state index in [2.05, 4.69) is 4.90 Å². The molecule has 2 aliphatic heterocycles. The van der Waals surface area contributed by atoms with E-state index in [1.807, 2.05) is 12.1 Å². The van der Waals surface area contributed by atoms with Crippen LogP contribution in [0.3, 0.4) is 0 Å². The number of nitrogens with zero attached hydrogens (tertiary/aromatic N) is 1. The molecule has 1 unspecified atom stereocenters. The molecule has 0 amide bonds. The number of likely N-dealkylation sites (tertiary alicyclic amines) is 1. The number of hydrogen-bond donors (Lipinski definition) is 0. The van der Waals surface area contributed by atoms with Crippen molar-refractivity contribution in [1.82, 2.24) is 4.90 Å². The molecule has 2 heterocycles. The van der Waals surface area contributed by atoms with E-state index in [0.29, 0.717) is 29.0 Å². The molecule has 0 aromatic heterocycles. The van der Waals surface area contributed by atoms with Gasteiger partial charge in [-0.15, -0.1) is 0 Å². The average Bonchev–Trinajstić information content (AvgIpc) is 3.09. The quantitative estimate of drug-likeness (QED) is 0.726. The standard InChI is InChI=1S/C19H27NO5S/c1-24-18-4-3-15(19(21)25-2)12-16(18)11-14-5-8-20(13-14)17-6-9-26(22,23)10-7-17/h3-4,12,14,17H,5-11,13H2,1-2H3. The van der Waals surface area contributed by atoms with Gasteiger partial charge in [0.05, 0.1) is 31.3 Å². The Labute approximate surface area is 155 Å². The van der Waals surface area contributed by atoms with Crippen molar-refractivity contribution < 1.29 is 22.7 Å². The number of hydrogen-bond acceptors (Lipinski definition) is 6. The third kappa shape index (κ3) is 4.38. The first kappa shape index (κ1) is 19.2. The third-order valence-electron chi connectivity index (χ3n) is 5.57. The van der Waals surface area contributed by atoms with E-state index < -0.39 is 9.84 Å². The second kappa shape index (κ2) is 7.96. The van der Waals surface area contributed by atoms with Crippen LogP contribution >= 0.6 is 0 Å². The van der Waals surface area contributed by atoms with Crippen LogP contribution in [0, 0.1) is 5.92 Å². The molecule has 0 spiro atoms. The Kier molecular flexibility index (Phi) is 5.87. The number of carbonyl (C=O) groups is 1. The van der Waals surface area contributed by atoms with Crippen molar-refractivity contribution >= 4 is 15.8 Å². The van der Waals surface area contributed by atoms with Crippen LogP contribution in [0.2, 0.25) is 0 Å². The molecule has 3 rings (SSSR count). The average molecular weight is 381 g/mol. The molecule has 0 aliphatic carbocycles. The van der Waals surface area contributed by atoms with Crippen LogP contribution in [0.5, 0.6) is 5.75 Å². The maximum absolute atomic E-state index is 11.8. The molecule has 26 heavy (non-hydrogen) atoms. The molecular weight excluding hydrogens is 354 g/mol. The summed E-state index contributed by atoms with van der Waals surface area (Å²) in [5, 5.41) is 0. The molecule has 144 valence electrons. The van der Waals surface area contributed by atoms with Crippen LogP contribution in [-0.4, -0.2) is 64.1 Å². The zero-order valence-corrected chi connectivity index (χ0v) is 16.3. The van der Waals surface area contributed by atoms with Gasteiger partial charge in [-0.05, 0) is 61.9 Å². The molecule has 2 fully saturated rings. The second-order valence-electron chi connectivity index (χ2n) is 7.25. The minimum absolute atomic E-state index is 0.313. The van der Waals surface area contributed by atoms with Gasteiger partial charge in [-0.25, -0.2) is 13.2 Å². The summed E-state index contributed by atoms with van der Waals surface area (Å²) in [7, 11) is 0.201. The molecule has 0 N–H and O–H groups in total. The van der Waals surface area contributed by atoms with Gasteiger partial charge >= 0.3 is 5.97 Å². The third-order valence-corrected chi connectivity index (χ3v) is 7.28. The van der Waals surface area contributed by atoms with Gasteiger partial charge in [0.25, 0.3) is 0 Å². The number of carbonyl (C=O) groups excluding carboxylic acids is 1. The van der Waals surface area contributed by atoms with Gasteiger partial charge in [0, 0.05) is 12.6 Å². The lowest BCUT2D eigenvalue weighted by molar-refractivity contribution is 0.0600. The highest BCUT2D eigenvalue weighted by Crippen LogP contribution is 2.30. The second-order valence-corrected chi connectivity index (χ2v) is 9.56. The van der Waals surface area contributed by atoms with Crippen LogP contribution in [0.25, 0.3) is 0 Å². The van der Waals surface area contributed by atoms with Crippen molar-refractivity contribution in [2.24, 2.45) is 5.92 Å². The predicted molar refractivity (Wildman–Crippen MR) is 99.4 cm³/mol. The zero-order valence-electron chi connectivity index (χ0n) is 15.4. The molecule has 1 aromatic carbocycles. The highest BCUT2D eigenvalue weighted by molar-refractivity contribution is 7.91. The van der Waals surface area contributed by atoms with E-state index in [1.165, 1.54) is 7.11 Å². The Balaban J connectivity index is 1.64. The summed E-state index contributed by atoms with van der Waals surface area (Å²) in [6, 6.07) is 5.78. The lowest BCUT2D eigenvalue weighted by atomic mass is 9.96. The summed E-state index contributed by atoms with van der Waals surface area (Å²) in [5.41, 5.74) is 1.56. The van der Waals surface area contributed by atoms with Crippen molar-refractivity contribution in [3.63, 3.8) is 0 Å². The van der Waals surface area contributed by atoms with Crippen LogP contribution < -0.4 is 4.74 Å². The number of benzene rings is 1. The maximum Gasteiger partial charge on any atom is 0.337 e. The van der Waals surface area contributed by atoms with Crippen molar-refractivity contribution in [3.05, 3.63) is 29.3 Å². The molecular formula is C19H27NO5S. The fraction of sp³-hybridized carbons (Fsp3) is 0.632. The van der Waals surface area contributed by atoms with Crippen molar-refractivity contribution in [2.75, 3.05) is 38.8 Å². The first-order valence-corrected chi connectivity index (χ1v) is 10.9. The maximum atomic E-state index is 11.8. The molecule has 0 radical (unpaired) electrons. The summed E-state index contributed by atoms with van der Waals surface area (Å²) in [4.78, 5) is 14.2. The molecule has 7 heteroatoms. The molecule has 2 aliphatic rings. The van der Waals surface area contributed by atoms with Crippen LogP contribution in [0.1, 0.15) is 35.2 Å². The Morgan fingerprint density at radius 1 is 1.19 bits per heavy atom. The topological polar surface area (TPSA) is 72.9 Å². The van der Waals surface area contributed by atoms with E-state index in [9.17, 15) is 13.2 Å². The molecule has 0 bridgehead atoms. The van der Waals surface area contributed by atoms with Gasteiger partial charge in [0.15, 0.2) is 0 Å². The van der Waals surface area contributed by atoms with Crippen molar-refractivity contribution in [1.29, 1.82) is 0 Å². The molecule has 2 saturated heterocycles. The number of sulfone groups is 1. The van der Waals surface area contributed by atoms with Crippen LogP contribution in [-0.2, 0) is 21.0 Å². The Morgan fingerprint density at radius 3 is 2.58 bits per heavy atom. The summed E-state index contributed by atoms with van der Waals surface area (Å²) in [6.45, 7) is 1.98. The highest BCUT2D eigenvalue weighted by atomic mass is 32.2. The zero-order chi connectivity index (χ0) is 18.7. The SMILES string of the molecule is COC(=O)c1ccc(OC)c(CC2CCN(C3CCS(=O)(=O)CC3)C2)c1. The van der Waals surface area contributed by atoms with Crippen LogP contribution in [0.4, 0.5) is 0 Å². The molecule has 0 saturated carbocycles. The minimum atomic E-state index is -2.82. The first-order chi connectivity index (χ1) is 12.4. The van der Waals surface area contributed by atoms with Crippen molar-refractivity contribution in [2.45, 2.75) is 31.7 Å². The Morgan fingerprint density at radius 2 is 1.92 bits per heavy atom. The monoisotopic (exact) mass is 381 g/mol. The number of rotatable bonds is 5. The summed E-state index contributed by atoms with van der Waals surface area (Å²) >= 11 is 0. The molecule has 6 nitrogen and oxygen atoms in total. The predicted octanol–water partition coefficient (Wildman–Crippen LogP) is 1.92. The highest BCUT2D eigenvalue weighted by Gasteiger charge is 2.32. The lowest BCUT2D eigenvalue weighted by Crippen LogP contribution is -2.40. The van der Waals surface area contributed by atoms with E-state index in [0.717, 1.165) is 50.1 Å². The van der Waals surface area contributed by atoms with E-state index >= 15 is 0 Å². The minimum Gasteiger partial charge on any atom is -0.496 e.